The van der Waals surface area contributed by atoms with Crippen molar-refractivity contribution in [3.8, 4) is 0 Å². The highest BCUT2D eigenvalue weighted by Crippen LogP contribution is 2.33. The zero-order chi connectivity index (χ0) is 36.5. The first-order valence-electron chi connectivity index (χ1n) is 17.7. The van der Waals surface area contributed by atoms with E-state index in [1.165, 1.54) is 0 Å². The van der Waals surface area contributed by atoms with Crippen molar-refractivity contribution >= 4 is 23.9 Å². The van der Waals surface area contributed by atoms with Crippen molar-refractivity contribution in [1.82, 2.24) is 0 Å². The van der Waals surface area contributed by atoms with Gasteiger partial charge in [-0.25, -0.2) is 19.2 Å². The summed E-state index contributed by atoms with van der Waals surface area (Å²) >= 11 is 0. The molecule has 0 amide bonds. The second-order valence-electron chi connectivity index (χ2n) is 12.4. The Hall–Kier alpha value is -5.32. The Morgan fingerprint density at radius 2 is 1.00 bits per heavy atom. The van der Waals surface area contributed by atoms with Gasteiger partial charge in [0.15, 0.2) is 24.6 Å². The van der Waals surface area contributed by atoms with E-state index in [1.807, 2.05) is 0 Å². The maximum Gasteiger partial charge on any atom is 0.338 e. The van der Waals surface area contributed by atoms with Gasteiger partial charge in [0.1, 0.15) is 12.7 Å². The summed E-state index contributed by atoms with van der Waals surface area (Å²) in [6.45, 7) is 1.95. The SMILES string of the molecule is CCCCCCCCOC1O[C@@H]([C@@H](COC(=O)c2ccccc2)OC(=O)c2ccccc2)[C@H](OC(=O)c2ccccc2)[C@H]1OC(=O)c1ccccc1. The number of carbonyl (C=O) groups is 4. The van der Waals surface area contributed by atoms with Crippen LogP contribution in [0.25, 0.3) is 0 Å². The number of carbonyl (C=O) groups excluding carboxylic acids is 4. The summed E-state index contributed by atoms with van der Waals surface area (Å²) in [6.07, 6.45) is -0.394. The summed E-state index contributed by atoms with van der Waals surface area (Å²) in [7, 11) is 0. The highest BCUT2D eigenvalue weighted by molar-refractivity contribution is 5.91. The predicted octanol–water partition coefficient (Wildman–Crippen LogP) is 7.62. The first kappa shape index (κ1) is 37.9. The predicted molar refractivity (Wildman–Crippen MR) is 192 cm³/mol. The molecule has 1 aliphatic rings. The number of rotatable bonds is 18. The molecule has 272 valence electrons. The molecule has 5 rings (SSSR count). The van der Waals surface area contributed by atoms with Gasteiger partial charge in [0.25, 0.3) is 0 Å². The molecule has 1 heterocycles. The lowest BCUT2D eigenvalue weighted by Gasteiger charge is -2.28. The van der Waals surface area contributed by atoms with E-state index in [0.717, 1.165) is 32.1 Å². The third-order valence-electron chi connectivity index (χ3n) is 8.51. The highest BCUT2D eigenvalue weighted by Gasteiger charge is 2.54. The molecule has 0 bridgehead atoms. The molecule has 1 saturated heterocycles. The van der Waals surface area contributed by atoms with Crippen molar-refractivity contribution < 1.29 is 47.6 Å². The maximum absolute atomic E-state index is 13.6. The fourth-order valence-electron chi connectivity index (χ4n) is 5.75. The normalized spacial score (nSPS) is 18.6. The number of benzene rings is 4. The standard InChI is InChI=1S/C42H44O10/c1-2-3-4-5-6-19-28-47-42-37(51-41(46)33-26-17-10-18-27-33)36(50-40(45)32-24-15-9-16-25-32)35(52-42)34(49-39(44)31-22-13-8-14-23-31)29-48-38(43)30-20-11-7-12-21-30/h7-18,20-27,34-37,42H,2-6,19,28-29H2,1H3/t34-,35+,36+,37-,42?/m1/s1. The van der Waals surface area contributed by atoms with Gasteiger partial charge in [0.2, 0.25) is 0 Å². The van der Waals surface area contributed by atoms with Crippen LogP contribution < -0.4 is 0 Å². The molecule has 0 N–H and O–H groups in total. The number of ether oxygens (including phenoxy) is 6. The van der Waals surface area contributed by atoms with Crippen LogP contribution in [0.15, 0.2) is 121 Å². The Balaban J connectivity index is 1.47. The van der Waals surface area contributed by atoms with E-state index in [1.54, 1.807) is 121 Å². The van der Waals surface area contributed by atoms with Gasteiger partial charge in [0, 0.05) is 6.61 Å². The lowest BCUT2D eigenvalue weighted by Crippen LogP contribution is -2.47. The zero-order valence-corrected chi connectivity index (χ0v) is 29.2. The number of hydrogen-bond acceptors (Lipinski definition) is 10. The molecular weight excluding hydrogens is 664 g/mol. The van der Waals surface area contributed by atoms with Gasteiger partial charge >= 0.3 is 23.9 Å². The Kier molecular flexibility index (Phi) is 14.5. The van der Waals surface area contributed by atoms with Crippen LogP contribution in [0.2, 0.25) is 0 Å². The number of hydrogen-bond donors (Lipinski definition) is 0. The molecule has 1 unspecified atom stereocenters. The van der Waals surface area contributed by atoms with Crippen molar-refractivity contribution in [1.29, 1.82) is 0 Å². The Morgan fingerprint density at radius 3 is 1.52 bits per heavy atom. The van der Waals surface area contributed by atoms with E-state index in [0.29, 0.717) is 6.42 Å². The monoisotopic (exact) mass is 708 g/mol. The summed E-state index contributed by atoms with van der Waals surface area (Å²) in [6, 6.07) is 33.3. The van der Waals surface area contributed by atoms with E-state index < -0.39 is 61.2 Å². The van der Waals surface area contributed by atoms with Gasteiger partial charge in [-0.1, -0.05) is 112 Å². The summed E-state index contributed by atoms with van der Waals surface area (Å²) in [5.74, 6) is -2.82. The van der Waals surface area contributed by atoms with Crippen LogP contribution in [0.4, 0.5) is 0 Å². The van der Waals surface area contributed by atoms with Gasteiger partial charge in [-0.05, 0) is 55.0 Å². The Morgan fingerprint density at radius 1 is 0.558 bits per heavy atom. The molecule has 10 nitrogen and oxygen atoms in total. The first-order chi connectivity index (χ1) is 25.4. The minimum atomic E-state index is -1.35. The summed E-state index contributed by atoms with van der Waals surface area (Å²) in [4.78, 5) is 53.7. The number of unbranched alkanes of at least 4 members (excludes halogenated alkanes) is 5. The van der Waals surface area contributed by atoms with Crippen LogP contribution in [0.3, 0.4) is 0 Å². The number of esters is 4. The van der Waals surface area contributed by atoms with E-state index >= 15 is 0 Å². The van der Waals surface area contributed by atoms with Gasteiger partial charge in [-0.2, -0.15) is 0 Å². The van der Waals surface area contributed by atoms with E-state index in [4.69, 9.17) is 28.4 Å². The van der Waals surface area contributed by atoms with Crippen LogP contribution in [-0.4, -0.2) is 67.8 Å². The van der Waals surface area contributed by atoms with Crippen LogP contribution in [0.1, 0.15) is 86.9 Å². The average Bonchev–Trinajstić information content (AvgIpc) is 3.52. The van der Waals surface area contributed by atoms with Gasteiger partial charge in [-0.3, -0.25) is 0 Å². The smallest absolute Gasteiger partial charge is 0.338 e. The summed E-state index contributed by atoms with van der Waals surface area (Å²) in [5.41, 5.74) is 1.02. The third kappa shape index (κ3) is 10.8. The molecule has 0 radical (unpaired) electrons. The van der Waals surface area contributed by atoms with Crippen LogP contribution in [0, 0.1) is 0 Å². The van der Waals surface area contributed by atoms with Crippen LogP contribution in [0.5, 0.6) is 0 Å². The quantitative estimate of drug-likeness (QED) is 0.0579. The fourth-order valence-corrected chi connectivity index (χ4v) is 5.75. The second kappa shape index (κ2) is 19.9. The lowest BCUT2D eigenvalue weighted by molar-refractivity contribution is -0.182. The average molecular weight is 709 g/mol. The van der Waals surface area contributed by atoms with E-state index in [9.17, 15) is 19.2 Å². The Labute approximate surface area is 303 Å². The van der Waals surface area contributed by atoms with Gasteiger partial charge < -0.3 is 28.4 Å². The van der Waals surface area contributed by atoms with E-state index in [-0.39, 0.29) is 28.9 Å². The van der Waals surface area contributed by atoms with Crippen molar-refractivity contribution in [2.45, 2.75) is 76.2 Å². The van der Waals surface area contributed by atoms with Crippen molar-refractivity contribution in [3.05, 3.63) is 144 Å². The van der Waals surface area contributed by atoms with Gasteiger partial charge in [-0.15, -0.1) is 0 Å². The molecule has 5 atom stereocenters. The molecule has 0 aromatic heterocycles. The zero-order valence-electron chi connectivity index (χ0n) is 29.2. The molecule has 0 spiro atoms. The first-order valence-corrected chi connectivity index (χ1v) is 17.7. The molecule has 1 aliphatic heterocycles. The third-order valence-corrected chi connectivity index (χ3v) is 8.51. The minimum Gasteiger partial charge on any atom is -0.458 e. The van der Waals surface area contributed by atoms with Crippen LogP contribution in [-0.2, 0) is 28.4 Å². The van der Waals surface area contributed by atoms with Gasteiger partial charge in [0.05, 0.1) is 22.3 Å². The lowest BCUT2D eigenvalue weighted by atomic mass is 10.0. The molecule has 4 aromatic rings. The molecule has 4 aromatic carbocycles. The largest absolute Gasteiger partial charge is 0.458 e. The van der Waals surface area contributed by atoms with Crippen molar-refractivity contribution in [2.75, 3.05) is 13.2 Å². The van der Waals surface area contributed by atoms with E-state index in [2.05, 4.69) is 6.92 Å². The molecule has 0 saturated carbocycles. The maximum atomic E-state index is 13.6. The highest BCUT2D eigenvalue weighted by atomic mass is 16.7. The molecule has 1 fully saturated rings. The second-order valence-corrected chi connectivity index (χ2v) is 12.4. The Bertz CT molecular complexity index is 1700. The topological polar surface area (TPSA) is 124 Å². The fraction of sp³-hybridized carbons (Fsp3) is 0.333. The molecule has 0 aliphatic carbocycles. The molecule has 52 heavy (non-hydrogen) atoms. The van der Waals surface area contributed by atoms with Crippen molar-refractivity contribution in [3.63, 3.8) is 0 Å². The molecule has 10 heteroatoms. The van der Waals surface area contributed by atoms with Crippen molar-refractivity contribution in [2.24, 2.45) is 0 Å². The molecular formula is C42H44O10. The minimum absolute atomic E-state index is 0.235. The summed E-state index contributed by atoms with van der Waals surface area (Å²) < 4.78 is 36.3. The van der Waals surface area contributed by atoms with Crippen LogP contribution >= 0.6 is 0 Å². The summed E-state index contributed by atoms with van der Waals surface area (Å²) in [5, 5.41) is 0.